The van der Waals surface area contributed by atoms with Gasteiger partial charge < -0.3 is 10.2 Å². The highest BCUT2D eigenvalue weighted by Crippen LogP contribution is 2.13. The lowest BCUT2D eigenvalue weighted by Crippen LogP contribution is -2.22. The van der Waals surface area contributed by atoms with Gasteiger partial charge in [0.15, 0.2) is 5.78 Å². The number of aliphatic hydroxyl groups excluding tert-OH is 1. The predicted octanol–water partition coefficient (Wildman–Crippen LogP) is 1.05. The lowest BCUT2D eigenvalue weighted by molar-refractivity contribution is -0.145. The molecule has 0 radical (unpaired) electrons. The third kappa shape index (κ3) is 3.67. The van der Waals surface area contributed by atoms with Crippen LogP contribution in [0.4, 0.5) is 0 Å². The Balaban J connectivity index is 2.80. The van der Waals surface area contributed by atoms with Gasteiger partial charge in [0.25, 0.3) is 0 Å². The zero-order valence-corrected chi connectivity index (χ0v) is 9.72. The third-order valence-electron chi connectivity index (χ3n) is 2.72. The Morgan fingerprint density at radius 3 is 2.35 bits per heavy atom. The fraction of sp³-hybridized carbons (Fsp3) is 0.385. The Labute approximate surface area is 99.9 Å². The number of ketones is 1. The quantitative estimate of drug-likeness (QED) is 0.724. The van der Waals surface area contributed by atoms with Crippen molar-refractivity contribution in [1.82, 2.24) is 0 Å². The van der Waals surface area contributed by atoms with Gasteiger partial charge in [-0.3, -0.25) is 9.59 Å². The molecule has 0 aliphatic rings. The number of carboxylic acids is 1. The normalized spacial score (nSPS) is 12.1. The molecule has 4 nitrogen and oxygen atoms in total. The van der Waals surface area contributed by atoms with Crippen LogP contribution >= 0.6 is 0 Å². The number of aliphatic carboxylic acids is 1. The second-order valence-electron chi connectivity index (χ2n) is 3.95. The average Bonchev–Trinajstić information content (AvgIpc) is 2.30. The van der Waals surface area contributed by atoms with Crippen molar-refractivity contribution in [2.45, 2.75) is 19.8 Å². The zero-order valence-electron chi connectivity index (χ0n) is 9.72. The molecule has 0 bridgehead atoms. The highest BCUT2D eigenvalue weighted by atomic mass is 16.4. The summed E-state index contributed by atoms with van der Waals surface area (Å²) in [4.78, 5) is 22.3. The minimum atomic E-state index is -1.10. The molecule has 4 heteroatoms. The molecule has 1 aromatic rings. The van der Waals surface area contributed by atoms with Crippen LogP contribution in [0.15, 0.2) is 24.3 Å². The van der Waals surface area contributed by atoms with E-state index in [-0.39, 0.29) is 18.8 Å². The number of carbonyl (C=O) groups excluding carboxylic acids is 1. The average molecular weight is 236 g/mol. The number of hydrogen-bond acceptors (Lipinski definition) is 3. The van der Waals surface area contributed by atoms with Gasteiger partial charge in [-0.15, -0.1) is 0 Å². The van der Waals surface area contributed by atoms with Crippen molar-refractivity contribution < 1.29 is 19.8 Å². The molecule has 92 valence electrons. The summed E-state index contributed by atoms with van der Waals surface area (Å²) in [5.41, 5.74) is 1.68. The van der Waals surface area contributed by atoms with E-state index in [1.165, 1.54) is 6.92 Å². The highest BCUT2D eigenvalue weighted by Gasteiger charge is 2.21. The zero-order chi connectivity index (χ0) is 12.8. The molecule has 1 unspecified atom stereocenters. The molecule has 0 aromatic heterocycles. The number of benzene rings is 1. The number of carbonyl (C=O) groups is 2. The van der Waals surface area contributed by atoms with Crippen molar-refractivity contribution in [3.05, 3.63) is 35.4 Å². The standard InChI is InChI=1S/C13H16O4/c1-9(13(16)17)12(15)8-11-5-3-2-4-10(11)6-7-14/h2-5,9,14H,6-8H2,1H3,(H,16,17). The van der Waals surface area contributed by atoms with E-state index in [1.807, 2.05) is 12.1 Å². The van der Waals surface area contributed by atoms with Crippen LogP contribution in [0, 0.1) is 5.92 Å². The molecule has 2 N–H and O–H groups in total. The molecule has 1 atom stereocenters. The fourth-order valence-electron chi connectivity index (χ4n) is 1.57. The number of hydrogen-bond donors (Lipinski definition) is 2. The van der Waals surface area contributed by atoms with Crippen LogP contribution in [0.5, 0.6) is 0 Å². The molecule has 0 amide bonds. The van der Waals surface area contributed by atoms with E-state index < -0.39 is 11.9 Å². The summed E-state index contributed by atoms with van der Waals surface area (Å²) in [6.07, 6.45) is 0.578. The summed E-state index contributed by atoms with van der Waals surface area (Å²) in [7, 11) is 0. The topological polar surface area (TPSA) is 74.6 Å². The van der Waals surface area contributed by atoms with E-state index in [0.717, 1.165) is 11.1 Å². The Morgan fingerprint density at radius 1 is 1.24 bits per heavy atom. The van der Waals surface area contributed by atoms with Gasteiger partial charge in [0.05, 0.1) is 0 Å². The summed E-state index contributed by atoms with van der Waals surface area (Å²) < 4.78 is 0. The fourth-order valence-corrected chi connectivity index (χ4v) is 1.57. The van der Waals surface area contributed by atoms with Crippen LogP contribution < -0.4 is 0 Å². The van der Waals surface area contributed by atoms with Crippen LogP contribution in [0.3, 0.4) is 0 Å². The van der Waals surface area contributed by atoms with Crippen molar-refractivity contribution >= 4 is 11.8 Å². The molecule has 0 aliphatic carbocycles. The lowest BCUT2D eigenvalue weighted by atomic mass is 9.95. The van der Waals surface area contributed by atoms with Crippen LogP contribution in [-0.2, 0) is 22.4 Å². The van der Waals surface area contributed by atoms with E-state index in [9.17, 15) is 9.59 Å². The van der Waals surface area contributed by atoms with Gasteiger partial charge >= 0.3 is 5.97 Å². The molecule has 17 heavy (non-hydrogen) atoms. The van der Waals surface area contributed by atoms with Gasteiger partial charge in [-0.25, -0.2) is 0 Å². The maximum Gasteiger partial charge on any atom is 0.313 e. The number of carboxylic acid groups (broad SMARTS) is 1. The SMILES string of the molecule is CC(C(=O)O)C(=O)Cc1ccccc1CCO. The summed E-state index contributed by atoms with van der Waals surface area (Å²) >= 11 is 0. The van der Waals surface area contributed by atoms with E-state index in [1.54, 1.807) is 12.1 Å². The number of rotatable bonds is 6. The first-order valence-corrected chi connectivity index (χ1v) is 5.49. The molecule has 1 rings (SSSR count). The summed E-state index contributed by atoms with van der Waals surface area (Å²) in [5, 5.41) is 17.6. The third-order valence-corrected chi connectivity index (χ3v) is 2.72. The monoisotopic (exact) mass is 236 g/mol. The van der Waals surface area contributed by atoms with E-state index in [0.29, 0.717) is 6.42 Å². The van der Waals surface area contributed by atoms with Crippen LogP contribution in [0.25, 0.3) is 0 Å². The Morgan fingerprint density at radius 2 is 1.82 bits per heavy atom. The smallest absolute Gasteiger partial charge is 0.313 e. The van der Waals surface area contributed by atoms with Gasteiger partial charge in [0.2, 0.25) is 0 Å². The molecule has 0 saturated carbocycles. The Bertz CT molecular complexity index is 412. The predicted molar refractivity (Wildman–Crippen MR) is 62.7 cm³/mol. The van der Waals surface area contributed by atoms with Gasteiger partial charge in [-0.2, -0.15) is 0 Å². The lowest BCUT2D eigenvalue weighted by Gasteiger charge is -2.09. The molecule has 0 aliphatic heterocycles. The van der Waals surface area contributed by atoms with E-state index in [4.69, 9.17) is 10.2 Å². The largest absolute Gasteiger partial charge is 0.481 e. The molecule has 0 heterocycles. The first-order valence-electron chi connectivity index (χ1n) is 5.49. The van der Waals surface area contributed by atoms with Crippen molar-refractivity contribution in [2.75, 3.05) is 6.61 Å². The van der Waals surface area contributed by atoms with Gasteiger partial charge in [-0.1, -0.05) is 24.3 Å². The molecule has 0 fully saturated rings. The van der Waals surface area contributed by atoms with Crippen molar-refractivity contribution in [1.29, 1.82) is 0 Å². The summed E-state index contributed by atoms with van der Waals surface area (Å²) in [6.45, 7) is 1.40. The van der Waals surface area contributed by atoms with Crippen molar-refractivity contribution in [3.63, 3.8) is 0 Å². The molecular weight excluding hydrogens is 220 g/mol. The Kier molecular flexibility index (Phi) is 4.84. The highest BCUT2D eigenvalue weighted by molar-refractivity contribution is 5.98. The first kappa shape index (κ1) is 13.4. The second-order valence-corrected chi connectivity index (χ2v) is 3.95. The van der Waals surface area contributed by atoms with Gasteiger partial charge in [0.1, 0.15) is 5.92 Å². The van der Waals surface area contributed by atoms with Crippen LogP contribution in [-0.4, -0.2) is 28.6 Å². The molecular formula is C13H16O4. The number of aliphatic hydroxyl groups is 1. The van der Waals surface area contributed by atoms with Gasteiger partial charge in [-0.05, 0) is 24.5 Å². The molecule has 0 saturated heterocycles. The van der Waals surface area contributed by atoms with Gasteiger partial charge in [0, 0.05) is 13.0 Å². The van der Waals surface area contributed by atoms with Crippen LogP contribution in [0.2, 0.25) is 0 Å². The minimum Gasteiger partial charge on any atom is -0.481 e. The van der Waals surface area contributed by atoms with Crippen molar-refractivity contribution in [2.24, 2.45) is 5.92 Å². The Hall–Kier alpha value is -1.68. The summed E-state index contributed by atoms with van der Waals surface area (Å²) in [6, 6.07) is 7.26. The van der Waals surface area contributed by atoms with E-state index >= 15 is 0 Å². The minimum absolute atomic E-state index is 0.0136. The maximum absolute atomic E-state index is 11.7. The first-order chi connectivity index (χ1) is 8.06. The molecule has 1 aromatic carbocycles. The summed E-state index contributed by atoms with van der Waals surface area (Å²) in [5.74, 6) is -2.41. The van der Waals surface area contributed by atoms with Crippen LogP contribution in [0.1, 0.15) is 18.1 Å². The second kappa shape index (κ2) is 6.15. The molecule has 0 spiro atoms. The van der Waals surface area contributed by atoms with E-state index in [2.05, 4.69) is 0 Å². The number of Topliss-reactive ketones (excluding diaryl/α,β-unsaturated/α-hetero) is 1. The van der Waals surface area contributed by atoms with Crippen molar-refractivity contribution in [3.8, 4) is 0 Å². The maximum atomic E-state index is 11.7.